The number of ether oxygens (including phenoxy) is 3. The fourth-order valence-electron chi connectivity index (χ4n) is 6.90. The Labute approximate surface area is 489 Å². The number of hydrogen-bond acceptors (Lipinski definition) is 14. The van der Waals surface area contributed by atoms with Gasteiger partial charge < -0.3 is 14.2 Å². The Morgan fingerprint density at radius 2 is 0.471 bits per heavy atom. The van der Waals surface area contributed by atoms with Crippen molar-refractivity contribution in [3.63, 3.8) is 0 Å². The first-order chi connectivity index (χ1) is 39.6. The third-order valence-corrected chi connectivity index (χ3v) is 11.2. The van der Waals surface area contributed by atoms with Gasteiger partial charge in [0.25, 0.3) is 0 Å². The molecule has 0 unspecified atom stereocenters. The Kier molecular flexibility index (Phi) is 23.5. The zero-order chi connectivity index (χ0) is 59.6. The van der Waals surface area contributed by atoms with Gasteiger partial charge in [0.05, 0.1) is 0 Å². The molecule has 436 valence electrons. The number of aromatic nitrogens is 8. The Balaban J connectivity index is 0.000000209. The highest BCUT2D eigenvalue weighted by Crippen LogP contribution is 2.30. The summed E-state index contributed by atoms with van der Waals surface area (Å²) in [5.41, 5.74) is 9.18. The molecule has 10 rings (SSSR count). The van der Waals surface area contributed by atoms with E-state index in [9.17, 15) is 53.9 Å². The largest absolute Gasteiger partial charge is 0.573 e. The first-order valence-electron chi connectivity index (χ1n) is 23.5. The van der Waals surface area contributed by atoms with E-state index < -0.39 is 19.1 Å². The van der Waals surface area contributed by atoms with Gasteiger partial charge >= 0.3 is 19.1 Å². The van der Waals surface area contributed by atoms with E-state index in [0.717, 1.165) is 46.7 Å². The molecule has 0 spiro atoms. The molecule has 4 aromatic heterocycles. The van der Waals surface area contributed by atoms with Crippen LogP contribution >= 0.6 is 23.2 Å². The number of carbonyl (C=O) groups excluding carboxylic acids is 3. The second kappa shape index (κ2) is 30.3. The summed E-state index contributed by atoms with van der Waals surface area (Å²) in [6.07, 6.45) is 0.815. The molecule has 4 heterocycles. The quantitative estimate of drug-likeness (QED) is 0.0640. The Hall–Kier alpha value is -10.0. The molecule has 14 nitrogen and oxygen atoms in total. The number of benzene rings is 6. The maximum absolute atomic E-state index is 12.2. The van der Waals surface area contributed by atoms with Crippen LogP contribution in [0.2, 0.25) is 10.6 Å². The highest BCUT2D eigenvalue weighted by atomic mass is 35.5. The molecular weight excluding hydrogens is 1170 g/mol. The van der Waals surface area contributed by atoms with Crippen LogP contribution in [0, 0.1) is 0 Å². The van der Waals surface area contributed by atoms with Crippen molar-refractivity contribution in [2.24, 2.45) is 0 Å². The lowest BCUT2D eigenvalue weighted by atomic mass is 10.1. The van der Waals surface area contributed by atoms with E-state index in [1.807, 2.05) is 12.1 Å². The van der Waals surface area contributed by atoms with Gasteiger partial charge in [-0.2, -0.15) is 0 Å². The van der Waals surface area contributed by atoms with Crippen molar-refractivity contribution in [2.75, 3.05) is 0 Å². The SMILES string of the molecule is C.C.FC(F)(F)Oc1ccc(-c2cnc(Cl)nc2)cc1.O=Cc1ccc(-c2cnc(-c3ccc(OC(F)(F)F)cc3)nc2)cc1.O=Cc1ccc(-c2cnc(Cl)nc2)cc1.O=Cc1ccc(-c2ncc(-c3ccc(OC(F)(F)F)cc3)cn2)cc1. The maximum atomic E-state index is 12.2. The summed E-state index contributed by atoms with van der Waals surface area (Å²) >= 11 is 11.1. The molecule has 0 aliphatic rings. The minimum Gasteiger partial charge on any atom is -0.406 e. The molecule has 0 amide bonds. The van der Waals surface area contributed by atoms with Crippen LogP contribution in [-0.4, -0.2) is 77.8 Å². The van der Waals surface area contributed by atoms with Gasteiger partial charge in [0, 0.05) is 99.6 Å². The molecule has 10 aromatic rings. The van der Waals surface area contributed by atoms with Gasteiger partial charge in [-0.05, 0) is 94.0 Å². The van der Waals surface area contributed by atoms with Crippen LogP contribution in [0.1, 0.15) is 45.9 Å². The molecule has 0 bridgehead atoms. The molecule has 6 aromatic carbocycles. The van der Waals surface area contributed by atoms with E-state index in [2.05, 4.69) is 54.1 Å². The Bertz CT molecular complexity index is 3540. The summed E-state index contributed by atoms with van der Waals surface area (Å²) in [5, 5.41) is 0.332. The number of hydrogen-bond donors (Lipinski definition) is 0. The Morgan fingerprint density at radius 3 is 0.682 bits per heavy atom. The summed E-state index contributed by atoms with van der Waals surface area (Å²) in [6.45, 7) is 0. The second-order valence-electron chi connectivity index (χ2n) is 16.5. The van der Waals surface area contributed by atoms with Gasteiger partial charge in [-0.25, -0.2) is 39.9 Å². The predicted molar refractivity (Wildman–Crippen MR) is 300 cm³/mol. The first-order valence-corrected chi connectivity index (χ1v) is 24.2. The lowest BCUT2D eigenvalue weighted by Crippen LogP contribution is -2.16. The molecule has 0 saturated heterocycles. The molecule has 0 fully saturated rings. The van der Waals surface area contributed by atoms with Crippen LogP contribution in [0.15, 0.2) is 195 Å². The minimum absolute atomic E-state index is 0. The molecule has 85 heavy (non-hydrogen) atoms. The third kappa shape index (κ3) is 21.0. The van der Waals surface area contributed by atoms with E-state index in [-0.39, 0.29) is 42.7 Å². The number of alkyl halides is 9. The smallest absolute Gasteiger partial charge is 0.406 e. The van der Waals surface area contributed by atoms with Crippen molar-refractivity contribution in [1.82, 2.24) is 39.9 Å². The van der Waals surface area contributed by atoms with Gasteiger partial charge in [0.15, 0.2) is 11.6 Å². The van der Waals surface area contributed by atoms with Gasteiger partial charge in [0.2, 0.25) is 10.6 Å². The van der Waals surface area contributed by atoms with Crippen molar-refractivity contribution in [3.8, 4) is 84.5 Å². The second-order valence-corrected chi connectivity index (χ2v) is 17.2. The van der Waals surface area contributed by atoms with E-state index in [0.29, 0.717) is 56.2 Å². The zero-order valence-corrected chi connectivity index (χ0v) is 43.4. The number of halogens is 11. The fraction of sp³-hybridized carbons (Fsp3) is 0.0833. The predicted octanol–water partition coefficient (Wildman–Crippen LogP) is 16.6. The lowest BCUT2D eigenvalue weighted by molar-refractivity contribution is -0.275. The molecular formula is C60H43Cl2F9N8O6. The van der Waals surface area contributed by atoms with Gasteiger partial charge in [-0.3, -0.25) is 14.4 Å². The summed E-state index contributed by atoms with van der Waals surface area (Å²) < 4.78 is 120. The van der Waals surface area contributed by atoms with E-state index in [1.165, 1.54) is 85.2 Å². The van der Waals surface area contributed by atoms with Gasteiger partial charge in [-0.1, -0.05) is 112 Å². The summed E-state index contributed by atoms with van der Waals surface area (Å²) in [5.74, 6) is -0.00151. The summed E-state index contributed by atoms with van der Waals surface area (Å²) in [6, 6.07) is 37.1. The van der Waals surface area contributed by atoms with E-state index in [1.54, 1.807) is 97.8 Å². The molecule has 0 atom stereocenters. The zero-order valence-electron chi connectivity index (χ0n) is 41.9. The highest BCUT2D eigenvalue weighted by Gasteiger charge is 2.32. The third-order valence-electron chi connectivity index (χ3n) is 10.8. The number of aldehydes is 3. The summed E-state index contributed by atoms with van der Waals surface area (Å²) in [7, 11) is 0. The van der Waals surface area contributed by atoms with Gasteiger partial charge in [0.1, 0.15) is 36.1 Å². The molecule has 0 aliphatic heterocycles. The fourth-order valence-corrected chi connectivity index (χ4v) is 7.09. The van der Waals surface area contributed by atoms with Gasteiger partial charge in [-0.15, -0.1) is 39.5 Å². The number of carbonyl (C=O) groups is 3. The van der Waals surface area contributed by atoms with Crippen molar-refractivity contribution in [2.45, 2.75) is 33.9 Å². The number of nitrogens with zero attached hydrogens (tertiary/aromatic N) is 8. The molecule has 0 saturated carbocycles. The monoisotopic (exact) mass is 1210 g/mol. The molecule has 0 N–H and O–H groups in total. The maximum Gasteiger partial charge on any atom is 0.573 e. The van der Waals surface area contributed by atoms with Crippen molar-refractivity contribution >= 4 is 42.1 Å². The average molecular weight is 1210 g/mol. The average Bonchev–Trinajstić information content (AvgIpc) is 3.64. The van der Waals surface area contributed by atoms with Crippen LogP contribution in [0.4, 0.5) is 39.5 Å². The van der Waals surface area contributed by atoms with Crippen LogP contribution in [-0.2, 0) is 0 Å². The van der Waals surface area contributed by atoms with E-state index >= 15 is 0 Å². The van der Waals surface area contributed by atoms with Crippen LogP contribution < -0.4 is 14.2 Å². The first kappa shape index (κ1) is 65.8. The minimum atomic E-state index is -4.72. The molecule has 0 aliphatic carbocycles. The Morgan fingerprint density at radius 1 is 0.282 bits per heavy atom. The topological polar surface area (TPSA) is 182 Å². The lowest BCUT2D eigenvalue weighted by Gasteiger charge is -2.09. The van der Waals surface area contributed by atoms with E-state index in [4.69, 9.17) is 23.2 Å². The van der Waals surface area contributed by atoms with Crippen LogP contribution in [0.3, 0.4) is 0 Å². The van der Waals surface area contributed by atoms with Crippen molar-refractivity contribution in [3.05, 3.63) is 222 Å². The standard InChI is InChI=1S/2C18H11F3N2O2.C11H6ClF3N2O.C11H7ClN2O.2CH4/c19-18(20,21)25-16-7-5-13(6-8-16)15-9-22-17(23-10-15)14-3-1-12(11-24)2-4-14;19-18(20,21)25-16-7-5-14(6-8-16)17-22-9-15(10-23-17)13-3-1-12(11-24)2-4-13;12-10-16-5-8(6-17-10)7-1-3-9(4-2-7)18-11(13,14)15;12-11-13-5-10(6-14-11)9-3-1-8(7-15)2-4-9;;/h2*1-11H;1-6H;1-7H;2*1H4. The van der Waals surface area contributed by atoms with Crippen molar-refractivity contribution < 1.29 is 68.1 Å². The number of rotatable bonds is 12. The normalized spacial score (nSPS) is 10.7. The van der Waals surface area contributed by atoms with Crippen molar-refractivity contribution in [1.29, 1.82) is 0 Å². The summed E-state index contributed by atoms with van der Waals surface area (Å²) in [4.78, 5) is 64.1. The van der Waals surface area contributed by atoms with Crippen LogP contribution in [0.5, 0.6) is 17.2 Å². The molecule has 0 radical (unpaired) electrons. The molecule has 25 heteroatoms. The van der Waals surface area contributed by atoms with Crippen LogP contribution in [0.25, 0.3) is 67.3 Å². The highest BCUT2D eigenvalue weighted by molar-refractivity contribution is 6.28.